The van der Waals surface area contributed by atoms with Gasteiger partial charge in [-0.1, -0.05) is 0 Å². The average molecular weight is 352 g/mol. The molecule has 6 nitrogen and oxygen atoms in total. The third-order valence-corrected chi connectivity index (χ3v) is 4.03. The van der Waals surface area contributed by atoms with E-state index in [0.29, 0.717) is 37.9 Å². The molecule has 0 N–H and O–H groups in total. The van der Waals surface area contributed by atoms with Crippen LogP contribution in [0.5, 0.6) is 0 Å². The van der Waals surface area contributed by atoms with E-state index in [0.717, 1.165) is 18.1 Å². The maximum atomic E-state index is 12.6. The summed E-state index contributed by atoms with van der Waals surface area (Å²) in [6, 6.07) is 4.36. The monoisotopic (exact) mass is 352 g/mol. The summed E-state index contributed by atoms with van der Waals surface area (Å²) in [5.74, 6) is 2.05. The summed E-state index contributed by atoms with van der Waals surface area (Å²) in [5, 5.41) is 0. The highest BCUT2D eigenvalue weighted by Crippen LogP contribution is 2.29. The molecule has 1 aliphatic heterocycles. The highest BCUT2D eigenvalue weighted by Gasteiger charge is 2.31. The maximum Gasteiger partial charge on any atom is 0.417 e. The smallest absolute Gasteiger partial charge is 0.353 e. The number of aromatic nitrogens is 3. The molecule has 0 aliphatic carbocycles. The quantitative estimate of drug-likeness (QED) is 0.845. The molecule has 2 aromatic heterocycles. The van der Waals surface area contributed by atoms with Crippen LogP contribution in [0, 0.1) is 0 Å². The number of piperazine rings is 1. The van der Waals surface area contributed by atoms with Gasteiger partial charge in [0.05, 0.1) is 5.56 Å². The topological polar surface area (TPSA) is 48.4 Å². The molecule has 1 fully saturated rings. The molecular formula is C16H19F3N6. The van der Waals surface area contributed by atoms with Crippen molar-refractivity contribution in [1.82, 2.24) is 15.0 Å². The highest BCUT2D eigenvalue weighted by atomic mass is 19.4. The van der Waals surface area contributed by atoms with E-state index in [1.165, 1.54) is 6.07 Å². The molecule has 0 bridgehead atoms. The minimum Gasteiger partial charge on any atom is -0.353 e. The molecule has 0 aromatic carbocycles. The maximum absolute atomic E-state index is 12.6. The van der Waals surface area contributed by atoms with Gasteiger partial charge in [0.15, 0.2) is 0 Å². The van der Waals surface area contributed by atoms with Crippen molar-refractivity contribution in [2.75, 3.05) is 55.0 Å². The fraction of sp³-hybridized carbons (Fsp3) is 0.438. The van der Waals surface area contributed by atoms with Crippen LogP contribution in [0.4, 0.5) is 30.8 Å². The SMILES string of the molecule is CN(C)c1nccc(N2CCN(c3ccc(C(F)(F)F)cn3)CC2)n1. The van der Waals surface area contributed by atoms with E-state index >= 15 is 0 Å². The first kappa shape index (κ1) is 17.2. The van der Waals surface area contributed by atoms with Gasteiger partial charge in [0.1, 0.15) is 11.6 Å². The molecule has 0 saturated carbocycles. The van der Waals surface area contributed by atoms with Gasteiger partial charge in [-0.25, -0.2) is 9.97 Å². The molecule has 1 aliphatic rings. The molecule has 134 valence electrons. The predicted octanol–water partition coefficient (Wildman–Crippen LogP) is 2.28. The van der Waals surface area contributed by atoms with Gasteiger partial charge in [0, 0.05) is 52.7 Å². The largest absolute Gasteiger partial charge is 0.417 e. The first-order chi connectivity index (χ1) is 11.8. The van der Waals surface area contributed by atoms with Crippen molar-refractivity contribution in [2.45, 2.75) is 6.18 Å². The van der Waals surface area contributed by atoms with E-state index in [-0.39, 0.29) is 0 Å². The zero-order chi connectivity index (χ0) is 18.0. The Morgan fingerprint density at radius 3 is 2.08 bits per heavy atom. The van der Waals surface area contributed by atoms with Gasteiger partial charge in [-0.15, -0.1) is 0 Å². The van der Waals surface area contributed by atoms with E-state index in [2.05, 4.69) is 19.9 Å². The second-order valence-electron chi connectivity index (χ2n) is 5.99. The first-order valence-electron chi connectivity index (χ1n) is 7.88. The molecule has 1 saturated heterocycles. The van der Waals surface area contributed by atoms with Gasteiger partial charge in [-0.3, -0.25) is 0 Å². The van der Waals surface area contributed by atoms with E-state index in [9.17, 15) is 13.2 Å². The molecule has 0 unspecified atom stereocenters. The number of rotatable bonds is 3. The Morgan fingerprint density at radius 2 is 1.56 bits per heavy atom. The Balaban J connectivity index is 1.65. The molecular weight excluding hydrogens is 333 g/mol. The fourth-order valence-electron chi connectivity index (χ4n) is 2.64. The summed E-state index contributed by atoms with van der Waals surface area (Å²) in [6.07, 6.45) is -1.75. The normalized spacial score (nSPS) is 15.4. The summed E-state index contributed by atoms with van der Waals surface area (Å²) in [6.45, 7) is 2.76. The van der Waals surface area contributed by atoms with Crippen LogP contribution in [-0.2, 0) is 6.18 Å². The van der Waals surface area contributed by atoms with Crippen LogP contribution in [0.3, 0.4) is 0 Å². The van der Waals surface area contributed by atoms with Crippen molar-refractivity contribution in [3.05, 3.63) is 36.2 Å². The minimum absolute atomic E-state index is 0.560. The Morgan fingerprint density at radius 1 is 0.920 bits per heavy atom. The lowest BCUT2D eigenvalue weighted by atomic mass is 10.2. The third kappa shape index (κ3) is 3.92. The van der Waals surface area contributed by atoms with Gasteiger partial charge >= 0.3 is 6.18 Å². The third-order valence-electron chi connectivity index (χ3n) is 4.03. The minimum atomic E-state index is -4.36. The summed E-state index contributed by atoms with van der Waals surface area (Å²) < 4.78 is 37.8. The molecule has 0 radical (unpaired) electrons. The van der Waals surface area contributed by atoms with E-state index in [4.69, 9.17) is 0 Å². The number of anilines is 3. The van der Waals surface area contributed by atoms with Crippen LogP contribution in [0.1, 0.15) is 5.56 Å². The average Bonchev–Trinajstić information content (AvgIpc) is 2.61. The van der Waals surface area contributed by atoms with Gasteiger partial charge < -0.3 is 14.7 Å². The van der Waals surface area contributed by atoms with Crippen LogP contribution >= 0.6 is 0 Å². The first-order valence-corrected chi connectivity index (χ1v) is 7.88. The van der Waals surface area contributed by atoms with Crippen molar-refractivity contribution in [3.8, 4) is 0 Å². The van der Waals surface area contributed by atoms with Gasteiger partial charge in [0.2, 0.25) is 5.95 Å². The van der Waals surface area contributed by atoms with Crippen molar-refractivity contribution < 1.29 is 13.2 Å². The standard InChI is InChI=1S/C16H19F3N6/c1-23(2)15-20-6-5-14(22-15)25-9-7-24(8-10-25)13-4-3-12(11-21-13)16(17,18)19/h3-6,11H,7-10H2,1-2H3. The summed E-state index contributed by atoms with van der Waals surface area (Å²) in [5.41, 5.74) is -0.730. The molecule has 3 heterocycles. The zero-order valence-electron chi connectivity index (χ0n) is 14.0. The van der Waals surface area contributed by atoms with Gasteiger partial charge in [-0.2, -0.15) is 18.2 Å². The van der Waals surface area contributed by atoms with Crippen LogP contribution in [0.15, 0.2) is 30.6 Å². The van der Waals surface area contributed by atoms with Crippen molar-refractivity contribution >= 4 is 17.6 Å². The number of hydrogen-bond acceptors (Lipinski definition) is 6. The molecule has 0 amide bonds. The van der Waals surface area contributed by atoms with Crippen LogP contribution in [0.2, 0.25) is 0 Å². The molecule has 0 atom stereocenters. The molecule has 25 heavy (non-hydrogen) atoms. The molecule has 3 rings (SSSR count). The second-order valence-corrected chi connectivity index (χ2v) is 5.99. The molecule has 2 aromatic rings. The van der Waals surface area contributed by atoms with Crippen molar-refractivity contribution in [1.29, 1.82) is 0 Å². The number of nitrogens with zero attached hydrogens (tertiary/aromatic N) is 6. The lowest BCUT2D eigenvalue weighted by Crippen LogP contribution is -2.47. The summed E-state index contributed by atoms with van der Waals surface area (Å²) in [7, 11) is 3.76. The van der Waals surface area contributed by atoms with Crippen molar-refractivity contribution in [3.63, 3.8) is 0 Å². The van der Waals surface area contributed by atoms with E-state index < -0.39 is 11.7 Å². The Hall–Kier alpha value is -2.58. The van der Waals surface area contributed by atoms with E-state index in [1.807, 2.05) is 30.0 Å². The number of hydrogen-bond donors (Lipinski definition) is 0. The Kier molecular flexibility index (Phi) is 4.65. The zero-order valence-corrected chi connectivity index (χ0v) is 14.0. The Bertz CT molecular complexity index is 709. The van der Waals surface area contributed by atoms with E-state index in [1.54, 1.807) is 6.20 Å². The number of pyridine rings is 1. The van der Waals surface area contributed by atoms with Gasteiger partial charge in [0.25, 0.3) is 0 Å². The lowest BCUT2D eigenvalue weighted by molar-refractivity contribution is -0.137. The number of halogens is 3. The van der Waals surface area contributed by atoms with Crippen LogP contribution < -0.4 is 14.7 Å². The lowest BCUT2D eigenvalue weighted by Gasteiger charge is -2.36. The van der Waals surface area contributed by atoms with Crippen LogP contribution in [-0.4, -0.2) is 55.2 Å². The summed E-state index contributed by atoms with van der Waals surface area (Å²) in [4.78, 5) is 18.6. The number of alkyl halides is 3. The van der Waals surface area contributed by atoms with Crippen LogP contribution in [0.25, 0.3) is 0 Å². The van der Waals surface area contributed by atoms with Gasteiger partial charge in [-0.05, 0) is 18.2 Å². The van der Waals surface area contributed by atoms with Crippen molar-refractivity contribution in [2.24, 2.45) is 0 Å². The molecule has 9 heteroatoms. The highest BCUT2D eigenvalue weighted by molar-refractivity contribution is 5.47. The Labute approximate surface area is 143 Å². The molecule has 0 spiro atoms. The second kappa shape index (κ2) is 6.73. The fourth-order valence-corrected chi connectivity index (χ4v) is 2.64. The predicted molar refractivity (Wildman–Crippen MR) is 90.0 cm³/mol. The summed E-state index contributed by atoms with van der Waals surface area (Å²) >= 11 is 0.